The van der Waals surface area contributed by atoms with E-state index < -0.39 is 5.60 Å². The molecule has 158 valence electrons. The summed E-state index contributed by atoms with van der Waals surface area (Å²) in [7, 11) is 0. The summed E-state index contributed by atoms with van der Waals surface area (Å²) >= 11 is 0. The predicted molar refractivity (Wildman–Crippen MR) is 132 cm³/mol. The second kappa shape index (κ2) is 9.38. The van der Waals surface area contributed by atoms with Gasteiger partial charge in [0.05, 0.1) is 6.61 Å². The van der Waals surface area contributed by atoms with Crippen LogP contribution in [0.1, 0.15) is 29.5 Å². The van der Waals surface area contributed by atoms with Crippen LogP contribution in [0.15, 0.2) is 139 Å². The molecule has 0 heterocycles. The number of ether oxygens (including phenoxy) is 1. The van der Waals surface area contributed by atoms with Crippen LogP contribution in [-0.2, 0) is 10.3 Å². The zero-order valence-corrected chi connectivity index (χ0v) is 18.2. The van der Waals surface area contributed by atoms with Gasteiger partial charge in [0.15, 0.2) is 0 Å². The molecule has 32 heavy (non-hydrogen) atoms. The van der Waals surface area contributed by atoms with Crippen molar-refractivity contribution in [3.8, 4) is 0 Å². The molecule has 0 amide bonds. The molecule has 2 aliphatic rings. The van der Waals surface area contributed by atoms with Crippen molar-refractivity contribution >= 4 is 0 Å². The lowest BCUT2D eigenvalue weighted by molar-refractivity contribution is 0.00232. The van der Waals surface area contributed by atoms with Crippen molar-refractivity contribution in [1.82, 2.24) is 0 Å². The van der Waals surface area contributed by atoms with E-state index in [9.17, 15) is 0 Å². The third kappa shape index (κ3) is 3.92. The Morgan fingerprint density at radius 2 is 1.00 bits per heavy atom. The topological polar surface area (TPSA) is 9.23 Å². The quantitative estimate of drug-likeness (QED) is 0.348. The van der Waals surface area contributed by atoms with E-state index >= 15 is 0 Å². The number of allylic oxidation sites excluding steroid dienone is 6. The molecule has 3 aromatic carbocycles. The van der Waals surface area contributed by atoms with Crippen LogP contribution >= 0.6 is 0 Å². The van der Waals surface area contributed by atoms with E-state index in [0.29, 0.717) is 6.61 Å². The lowest BCUT2D eigenvalue weighted by Gasteiger charge is -2.37. The van der Waals surface area contributed by atoms with Crippen LogP contribution < -0.4 is 0 Å². The number of benzene rings is 3. The summed E-state index contributed by atoms with van der Waals surface area (Å²) in [6, 6.07) is 31.9. The van der Waals surface area contributed by atoms with Crippen LogP contribution in [0.25, 0.3) is 0 Å². The van der Waals surface area contributed by atoms with Crippen LogP contribution in [-0.4, -0.2) is 6.61 Å². The number of hydrogen-bond donors (Lipinski definition) is 0. The fraction of sp³-hybridized carbons (Fsp3) is 0.161. The summed E-state index contributed by atoms with van der Waals surface area (Å²) in [4.78, 5) is 0. The van der Waals surface area contributed by atoms with Gasteiger partial charge in [-0.2, -0.15) is 0 Å². The first-order chi connectivity index (χ1) is 15.9. The van der Waals surface area contributed by atoms with Gasteiger partial charge in [-0.15, -0.1) is 0 Å². The fourth-order valence-electron chi connectivity index (χ4n) is 4.87. The first-order valence-electron chi connectivity index (χ1n) is 11.4. The Balaban J connectivity index is 1.61. The highest BCUT2D eigenvalue weighted by Crippen LogP contribution is 2.42. The molecule has 0 fully saturated rings. The van der Waals surface area contributed by atoms with Crippen molar-refractivity contribution < 1.29 is 4.74 Å². The third-order valence-corrected chi connectivity index (χ3v) is 6.50. The van der Waals surface area contributed by atoms with Crippen molar-refractivity contribution in [3.63, 3.8) is 0 Å². The maximum absolute atomic E-state index is 7.14. The Labute approximate surface area is 191 Å². The van der Waals surface area contributed by atoms with Gasteiger partial charge in [0, 0.05) is 5.92 Å². The number of rotatable bonds is 8. The highest BCUT2D eigenvalue weighted by molar-refractivity contribution is 5.47. The van der Waals surface area contributed by atoms with Gasteiger partial charge in [0.1, 0.15) is 5.60 Å². The van der Waals surface area contributed by atoms with E-state index in [-0.39, 0.29) is 5.92 Å². The van der Waals surface area contributed by atoms with Crippen molar-refractivity contribution in [2.45, 2.75) is 18.4 Å². The smallest absolute Gasteiger partial charge is 0.143 e. The minimum Gasteiger partial charge on any atom is -0.360 e. The van der Waals surface area contributed by atoms with Gasteiger partial charge in [0.25, 0.3) is 0 Å². The van der Waals surface area contributed by atoms with Crippen molar-refractivity contribution in [1.29, 1.82) is 0 Å². The van der Waals surface area contributed by atoms with E-state index in [4.69, 9.17) is 4.74 Å². The Hall–Kier alpha value is -3.42. The maximum Gasteiger partial charge on any atom is 0.143 e. The zero-order valence-electron chi connectivity index (χ0n) is 18.2. The van der Waals surface area contributed by atoms with Gasteiger partial charge in [-0.1, -0.05) is 139 Å². The highest BCUT2D eigenvalue weighted by Gasteiger charge is 2.38. The van der Waals surface area contributed by atoms with E-state index in [0.717, 1.165) is 29.5 Å². The minimum absolute atomic E-state index is 0.274. The molecule has 0 aliphatic heterocycles. The summed E-state index contributed by atoms with van der Waals surface area (Å²) in [5.74, 6) is 0.274. The van der Waals surface area contributed by atoms with E-state index in [1.807, 2.05) is 0 Å². The highest BCUT2D eigenvalue weighted by atomic mass is 16.5. The van der Waals surface area contributed by atoms with Crippen LogP contribution in [0.5, 0.6) is 0 Å². The Kier molecular flexibility index (Phi) is 6.00. The second-order valence-electron chi connectivity index (χ2n) is 8.39. The molecular formula is C31H28O. The molecule has 0 bridgehead atoms. The molecule has 0 aromatic heterocycles. The number of hydrogen-bond acceptors (Lipinski definition) is 1. The molecule has 1 nitrogen and oxygen atoms in total. The van der Waals surface area contributed by atoms with Crippen LogP contribution in [0, 0.1) is 5.92 Å². The molecule has 2 aliphatic carbocycles. The third-order valence-electron chi connectivity index (χ3n) is 6.50. The van der Waals surface area contributed by atoms with E-state index in [1.54, 1.807) is 0 Å². The monoisotopic (exact) mass is 416 g/mol. The Morgan fingerprint density at radius 3 is 1.34 bits per heavy atom. The summed E-state index contributed by atoms with van der Waals surface area (Å²) in [5, 5.41) is 0. The Morgan fingerprint density at radius 1 is 0.594 bits per heavy atom. The van der Waals surface area contributed by atoms with Gasteiger partial charge in [-0.25, -0.2) is 0 Å². The zero-order chi connectivity index (χ0) is 21.6. The maximum atomic E-state index is 7.14. The van der Waals surface area contributed by atoms with Gasteiger partial charge in [0.2, 0.25) is 0 Å². The van der Waals surface area contributed by atoms with Crippen molar-refractivity contribution in [2.75, 3.05) is 6.61 Å². The molecule has 0 spiro atoms. The van der Waals surface area contributed by atoms with Gasteiger partial charge >= 0.3 is 0 Å². The van der Waals surface area contributed by atoms with E-state index in [1.165, 1.54) is 11.1 Å². The summed E-state index contributed by atoms with van der Waals surface area (Å²) in [6.45, 7) is 0.625. The van der Waals surface area contributed by atoms with Crippen LogP contribution in [0.3, 0.4) is 0 Å². The molecular weight excluding hydrogens is 388 g/mol. The lowest BCUT2D eigenvalue weighted by Crippen LogP contribution is -2.35. The van der Waals surface area contributed by atoms with Crippen molar-refractivity contribution in [2.24, 2.45) is 5.92 Å². The second-order valence-corrected chi connectivity index (χ2v) is 8.39. The van der Waals surface area contributed by atoms with Crippen LogP contribution in [0.4, 0.5) is 0 Å². The van der Waals surface area contributed by atoms with Gasteiger partial charge < -0.3 is 4.74 Å². The standard InChI is InChI=1S/C31H28O/c1-4-18-27(19-5-1)31(28-20-6-2-7-21-28,29-22-8-3-9-23-29)32-24-30(25-14-10-11-15-25)26-16-12-13-17-26/h1-14,16,18-23,30H,15,17,24H2. The average molecular weight is 417 g/mol. The fourth-order valence-corrected chi connectivity index (χ4v) is 4.87. The van der Waals surface area contributed by atoms with Gasteiger partial charge in [-0.3, -0.25) is 0 Å². The molecule has 0 atom stereocenters. The predicted octanol–water partition coefficient (Wildman–Crippen LogP) is 7.38. The summed E-state index contributed by atoms with van der Waals surface area (Å²) < 4.78 is 7.14. The average Bonchev–Trinajstić information content (AvgIpc) is 3.59. The molecule has 0 radical (unpaired) electrons. The largest absolute Gasteiger partial charge is 0.360 e. The normalized spacial score (nSPS) is 15.3. The molecule has 0 saturated heterocycles. The first kappa shape index (κ1) is 20.5. The first-order valence-corrected chi connectivity index (χ1v) is 11.4. The van der Waals surface area contributed by atoms with Crippen LogP contribution in [0.2, 0.25) is 0 Å². The lowest BCUT2D eigenvalue weighted by atomic mass is 9.79. The molecule has 0 N–H and O–H groups in total. The van der Waals surface area contributed by atoms with Crippen molar-refractivity contribution in [3.05, 3.63) is 155 Å². The summed E-state index contributed by atoms with van der Waals surface area (Å²) in [6.07, 6.45) is 15.4. The molecule has 0 saturated carbocycles. The summed E-state index contributed by atoms with van der Waals surface area (Å²) in [5.41, 5.74) is 5.63. The Bertz CT molecular complexity index is 1020. The van der Waals surface area contributed by atoms with E-state index in [2.05, 4.69) is 127 Å². The molecule has 1 heteroatoms. The van der Waals surface area contributed by atoms with Gasteiger partial charge in [-0.05, 0) is 29.5 Å². The minimum atomic E-state index is -0.679. The molecule has 5 rings (SSSR count). The SMILES string of the molecule is C1=CCC(C(COC(c2ccccc2)(c2ccccc2)c2ccccc2)C2=CC=CC2)=C1. The molecule has 0 unspecified atom stereocenters. The molecule has 3 aromatic rings.